The molecule has 1 saturated heterocycles. The first-order chi connectivity index (χ1) is 10.2. The van der Waals surface area contributed by atoms with E-state index in [1.807, 2.05) is 0 Å². The van der Waals surface area contributed by atoms with Gasteiger partial charge in [-0.25, -0.2) is 10.5 Å². The van der Waals surface area contributed by atoms with Gasteiger partial charge in [0.05, 0.1) is 0 Å². The van der Waals surface area contributed by atoms with Crippen LogP contribution in [0.15, 0.2) is 18.5 Å². The summed E-state index contributed by atoms with van der Waals surface area (Å²) in [6.45, 7) is 0.704. The largest absolute Gasteiger partial charge is 0.344 e. The van der Waals surface area contributed by atoms with E-state index in [4.69, 9.17) is 5.84 Å². The van der Waals surface area contributed by atoms with Crippen molar-refractivity contribution in [2.45, 2.75) is 12.5 Å². The minimum Gasteiger partial charge on any atom is -0.344 e. The summed E-state index contributed by atoms with van der Waals surface area (Å²) in [6.07, 6.45) is 4.01. The summed E-state index contributed by atoms with van der Waals surface area (Å²) in [5, 5.41) is 7.06. The lowest BCUT2D eigenvalue weighted by molar-refractivity contribution is -0.127. The summed E-state index contributed by atoms with van der Waals surface area (Å²) in [5.74, 6) is 6.15. The molecule has 3 heterocycles. The third-order valence-corrected chi connectivity index (χ3v) is 3.19. The first-order valence-corrected chi connectivity index (χ1v) is 6.41. The van der Waals surface area contributed by atoms with Crippen molar-refractivity contribution in [1.82, 2.24) is 29.6 Å². The number of carbonyl (C=O) groups excluding carboxylic acids is 1. The molecule has 10 nitrogen and oxygen atoms in total. The van der Waals surface area contributed by atoms with Crippen LogP contribution in [0.1, 0.15) is 6.42 Å². The van der Waals surface area contributed by atoms with Crippen LogP contribution in [0.4, 0.5) is 11.9 Å². The molecule has 1 aliphatic heterocycles. The van der Waals surface area contributed by atoms with Crippen molar-refractivity contribution < 1.29 is 4.79 Å². The zero-order valence-electron chi connectivity index (χ0n) is 11.4. The number of anilines is 2. The maximum atomic E-state index is 11.9. The molecule has 10 heteroatoms. The number of nitrogen functional groups attached to an aromatic ring is 1. The van der Waals surface area contributed by atoms with Gasteiger partial charge in [-0.2, -0.15) is 20.1 Å². The number of likely N-dealkylation sites (N-methyl/N-ethyl adjacent to an activating group) is 1. The fourth-order valence-corrected chi connectivity index (χ4v) is 2.10. The second kappa shape index (κ2) is 5.32. The average molecular weight is 289 g/mol. The zero-order valence-corrected chi connectivity index (χ0v) is 11.4. The third kappa shape index (κ3) is 2.60. The molecular formula is C11H15N9O. The number of nitrogens with one attached hydrogen (secondary N) is 2. The minimum atomic E-state index is -0.339. The second-order valence-corrected chi connectivity index (χ2v) is 4.62. The normalized spacial score (nSPS) is 18.1. The van der Waals surface area contributed by atoms with Gasteiger partial charge in [-0.3, -0.25) is 10.2 Å². The molecular weight excluding hydrogens is 274 g/mol. The van der Waals surface area contributed by atoms with E-state index in [1.54, 1.807) is 30.4 Å². The van der Waals surface area contributed by atoms with Crippen LogP contribution < -0.4 is 16.6 Å². The molecule has 4 N–H and O–H groups in total. The Kier molecular flexibility index (Phi) is 3.36. The van der Waals surface area contributed by atoms with Crippen LogP contribution >= 0.6 is 0 Å². The van der Waals surface area contributed by atoms with Gasteiger partial charge in [0, 0.05) is 26.0 Å². The molecule has 0 radical (unpaired) electrons. The van der Waals surface area contributed by atoms with Crippen LogP contribution in [0.3, 0.4) is 0 Å². The molecule has 2 aromatic heterocycles. The molecule has 2 aromatic rings. The number of rotatable bonds is 4. The maximum absolute atomic E-state index is 11.9. The monoisotopic (exact) mass is 289 g/mol. The van der Waals surface area contributed by atoms with Crippen molar-refractivity contribution in [2.75, 3.05) is 24.3 Å². The minimum absolute atomic E-state index is 0.0123. The Balaban J connectivity index is 1.88. The molecule has 0 spiro atoms. The number of hydrogen-bond donors (Lipinski definition) is 3. The number of nitrogens with zero attached hydrogens (tertiary/aromatic N) is 6. The van der Waals surface area contributed by atoms with Crippen LogP contribution in [0.2, 0.25) is 0 Å². The summed E-state index contributed by atoms with van der Waals surface area (Å²) in [4.78, 5) is 26.0. The number of nitrogens with two attached hydrogens (primary N) is 1. The second-order valence-electron chi connectivity index (χ2n) is 4.62. The number of carbonyl (C=O) groups is 1. The SMILES string of the molecule is CN1CCC(Nc2nc(NN)nc(-n3cccn3)n2)C1=O. The lowest BCUT2D eigenvalue weighted by atomic mass is 10.2. The standard InChI is InChI=1S/C11H15N9O/c1-19-6-3-7(8(19)21)14-9-15-10(18-12)17-11(16-9)20-5-2-4-13-20/h2,4-5,7H,3,6,12H2,1H3,(H2,14,15,16,17,18). The molecule has 0 aromatic carbocycles. The van der Waals surface area contributed by atoms with Gasteiger partial charge in [-0.15, -0.1) is 0 Å². The fraction of sp³-hybridized carbons (Fsp3) is 0.364. The number of amides is 1. The topological polar surface area (TPSA) is 127 Å². The fourth-order valence-electron chi connectivity index (χ4n) is 2.10. The Bertz CT molecular complexity index is 641. The molecule has 1 atom stereocenters. The first kappa shape index (κ1) is 13.2. The van der Waals surface area contributed by atoms with Crippen molar-refractivity contribution in [2.24, 2.45) is 5.84 Å². The Hall–Kier alpha value is -2.75. The van der Waals surface area contributed by atoms with E-state index in [1.165, 1.54) is 4.68 Å². The average Bonchev–Trinajstić information content (AvgIpc) is 3.13. The summed E-state index contributed by atoms with van der Waals surface area (Å²) in [5.41, 5.74) is 2.38. The van der Waals surface area contributed by atoms with Crippen molar-refractivity contribution in [3.63, 3.8) is 0 Å². The van der Waals surface area contributed by atoms with Crippen molar-refractivity contribution in [3.05, 3.63) is 18.5 Å². The Morgan fingerprint density at radius 2 is 2.14 bits per heavy atom. The molecule has 0 aliphatic carbocycles. The number of aromatic nitrogens is 5. The Morgan fingerprint density at radius 1 is 1.33 bits per heavy atom. The van der Waals surface area contributed by atoms with E-state index in [9.17, 15) is 4.79 Å². The lowest BCUT2D eigenvalue weighted by Crippen LogP contribution is -2.32. The number of likely N-dealkylation sites (tertiary alicyclic amines) is 1. The molecule has 1 fully saturated rings. The molecule has 0 saturated carbocycles. The summed E-state index contributed by atoms with van der Waals surface area (Å²) < 4.78 is 1.48. The van der Waals surface area contributed by atoms with Gasteiger partial charge in [0.25, 0.3) is 5.95 Å². The van der Waals surface area contributed by atoms with Gasteiger partial charge < -0.3 is 10.2 Å². The van der Waals surface area contributed by atoms with Gasteiger partial charge in [0.1, 0.15) is 6.04 Å². The van der Waals surface area contributed by atoms with Gasteiger partial charge >= 0.3 is 0 Å². The number of hydrazine groups is 1. The van der Waals surface area contributed by atoms with Gasteiger partial charge in [0.15, 0.2) is 0 Å². The van der Waals surface area contributed by atoms with Crippen LogP contribution in [0.5, 0.6) is 0 Å². The van der Waals surface area contributed by atoms with Crippen LogP contribution in [0, 0.1) is 0 Å². The molecule has 110 valence electrons. The molecule has 1 unspecified atom stereocenters. The van der Waals surface area contributed by atoms with E-state index < -0.39 is 0 Å². The van der Waals surface area contributed by atoms with Gasteiger partial charge in [-0.1, -0.05) is 0 Å². The van der Waals surface area contributed by atoms with Gasteiger partial charge in [-0.05, 0) is 12.5 Å². The van der Waals surface area contributed by atoms with Crippen molar-refractivity contribution in [1.29, 1.82) is 0 Å². The van der Waals surface area contributed by atoms with E-state index in [0.717, 1.165) is 0 Å². The highest BCUT2D eigenvalue weighted by molar-refractivity contribution is 5.86. The summed E-state index contributed by atoms with van der Waals surface area (Å²) >= 11 is 0. The molecule has 3 rings (SSSR count). The molecule has 21 heavy (non-hydrogen) atoms. The first-order valence-electron chi connectivity index (χ1n) is 6.41. The van der Waals surface area contributed by atoms with Crippen LogP contribution in [0.25, 0.3) is 5.95 Å². The highest BCUT2D eigenvalue weighted by Crippen LogP contribution is 2.15. The number of hydrogen-bond acceptors (Lipinski definition) is 8. The highest BCUT2D eigenvalue weighted by Gasteiger charge is 2.29. The summed E-state index contributed by atoms with van der Waals surface area (Å²) in [7, 11) is 1.76. The van der Waals surface area contributed by atoms with E-state index >= 15 is 0 Å². The maximum Gasteiger partial charge on any atom is 0.257 e. The van der Waals surface area contributed by atoms with E-state index in [0.29, 0.717) is 18.9 Å². The Labute approximate surface area is 120 Å². The highest BCUT2D eigenvalue weighted by atomic mass is 16.2. The van der Waals surface area contributed by atoms with E-state index in [2.05, 4.69) is 30.8 Å². The Morgan fingerprint density at radius 3 is 2.76 bits per heavy atom. The molecule has 0 bridgehead atoms. The predicted octanol–water partition coefficient (Wildman–Crippen LogP) is -1.01. The quantitative estimate of drug-likeness (QED) is 0.482. The lowest BCUT2D eigenvalue weighted by Gasteiger charge is -2.13. The third-order valence-electron chi connectivity index (χ3n) is 3.19. The van der Waals surface area contributed by atoms with Crippen LogP contribution in [-0.4, -0.2) is 55.2 Å². The van der Waals surface area contributed by atoms with Crippen molar-refractivity contribution >= 4 is 17.8 Å². The van der Waals surface area contributed by atoms with Gasteiger partial charge in [0.2, 0.25) is 17.8 Å². The summed E-state index contributed by atoms with van der Waals surface area (Å²) in [6, 6.07) is 1.41. The predicted molar refractivity (Wildman–Crippen MR) is 74.4 cm³/mol. The smallest absolute Gasteiger partial charge is 0.257 e. The zero-order chi connectivity index (χ0) is 14.8. The molecule has 1 aliphatic rings. The molecule has 1 amide bonds. The van der Waals surface area contributed by atoms with E-state index in [-0.39, 0.29) is 23.8 Å². The van der Waals surface area contributed by atoms with Crippen molar-refractivity contribution in [3.8, 4) is 5.95 Å². The van der Waals surface area contributed by atoms with Crippen LogP contribution in [-0.2, 0) is 4.79 Å².